The average Bonchev–Trinajstić information content (AvgIpc) is 3.79. The lowest BCUT2D eigenvalue weighted by molar-refractivity contribution is -0.154. The van der Waals surface area contributed by atoms with Gasteiger partial charge in [0.2, 0.25) is 11.9 Å². The molecule has 16 nitrogen and oxygen atoms in total. The Labute approximate surface area is 333 Å². The van der Waals surface area contributed by atoms with E-state index in [-0.39, 0.29) is 30.4 Å². The second-order valence-corrected chi connectivity index (χ2v) is 13.5. The molecule has 5 aromatic rings. The van der Waals surface area contributed by atoms with Crippen molar-refractivity contribution >= 4 is 58.6 Å². The molecule has 5 N–H and O–H groups in total. The van der Waals surface area contributed by atoms with Crippen molar-refractivity contribution in [2.24, 2.45) is 0 Å². The molecular weight excluding hydrogens is 785 g/mol. The van der Waals surface area contributed by atoms with Gasteiger partial charge < -0.3 is 36.1 Å². The molecule has 1 saturated carbocycles. The van der Waals surface area contributed by atoms with Crippen molar-refractivity contribution in [1.29, 1.82) is 0 Å². The molecule has 3 amide bonds. The maximum absolute atomic E-state index is 13.1. The van der Waals surface area contributed by atoms with Crippen molar-refractivity contribution in [3.63, 3.8) is 0 Å². The molecule has 6 rings (SSSR count). The number of carbonyl (C=O) groups excluding carboxylic acids is 4. The van der Waals surface area contributed by atoms with Crippen LogP contribution in [0.25, 0.3) is 0 Å². The highest BCUT2D eigenvalue weighted by atomic mass is 35.5. The fourth-order valence-corrected chi connectivity index (χ4v) is 5.74. The molecule has 302 valence electrons. The normalized spacial score (nSPS) is 13.4. The molecule has 2 aromatic heterocycles. The topological polar surface area (TPSA) is 203 Å². The Kier molecular flexibility index (Phi) is 12.7. The summed E-state index contributed by atoms with van der Waals surface area (Å²) in [6.45, 7) is -1.25. The number of ether oxygens (including phenoxy) is 2. The molecule has 58 heavy (non-hydrogen) atoms. The van der Waals surface area contributed by atoms with Crippen molar-refractivity contribution in [3.8, 4) is 6.01 Å². The van der Waals surface area contributed by atoms with E-state index in [1.807, 2.05) is 18.3 Å². The summed E-state index contributed by atoms with van der Waals surface area (Å²) in [4.78, 5) is 62.9. The lowest BCUT2D eigenvalue weighted by atomic mass is 10.1. The number of halogens is 4. The molecular formula is C38H36ClF3N10O6. The van der Waals surface area contributed by atoms with Crippen LogP contribution >= 0.6 is 11.6 Å². The predicted molar refractivity (Wildman–Crippen MR) is 204 cm³/mol. The van der Waals surface area contributed by atoms with Gasteiger partial charge in [0.05, 0.1) is 19.2 Å². The number of rotatable bonds is 16. The molecule has 0 radical (unpaired) electrons. The molecule has 0 saturated heterocycles. The van der Waals surface area contributed by atoms with Gasteiger partial charge in [0.1, 0.15) is 6.04 Å². The van der Waals surface area contributed by atoms with E-state index in [0.717, 1.165) is 18.2 Å². The number of hydrogen-bond donors (Lipinski definition) is 5. The van der Waals surface area contributed by atoms with Gasteiger partial charge in [-0.25, -0.2) is 4.79 Å². The molecule has 1 atom stereocenters. The first-order chi connectivity index (χ1) is 27.8. The highest BCUT2D eigenvalue weighted by Crippen LogP contribution is 2.48. The summed E-state index contributed by atoms with van der Waals surface area (Å²) in [5, 5.41) is 18.2. The lowest BCUT2D eigenvalue weighted by Gasteiger charge is -2.19. The van der Waals surface area contributed by atoms with E-state index in [1.54, 1.807) is 53.3 Å². The molecule has 0 unspecified atom stereocenters. The van der Waals surface area contributed by atoms with Crippen LogP contribution < -0.4 is 31.3 Å². The number of amides is 3. The standard InChI is InChI=1S/C38H36ClF3N10O6/c1-57-33(56)29(15-19-43-31(54)32(55)45-27-11-3-23(4-12-27)21-52-20-2-18-44-52)47-30(53)24-5-13-28(14-6-24)46-34-48-35(50-36(49-34)58-22-38(40,41)42)51-37(16-17-37)25-7-9-26(39)10-8-25/h2-14,18,20,29H,15-17,19,21-22H2,1H3,(H,43,54)(H,45,55)(H,47,53)(H2,46,48,49,50,51)/t29-/m0/s1. The van der Waals surface area contributed by atoms with Crippen molar-refractivity contribution in [2.45, 2.75) is 43.6 Å². The van der Waals surface area contributed by atoms with Gasteiger partial charge in [-0.2, -0.15) is 33.2 Å². The minimum absolute atomic E-state index is 0.0313. The van der Waals surface area contributed by atoms with E-state index in [9.17, 15) is 32.3 Å². The number of aromatic nitrogens is 5. The third-order valence-electron chi connectivity index (χ3n) is 8.71. The van der Waals surface area contributed by atoms with Gasteiger partial charge >= 0.3 is 30.0 Å². The summed E-state index contributed by atoms with van der Waals surface area (Å²) in [5.74, 6) is -3.49. The summed E-state index contributed by atoms with van der Waals surface area (Å²) >= 11 is 6.03. The smallest absolute Gasteiger partial charge is 0.422 e. The van der Waals surface area contributed by atoms with Crippen molar-refractivity contribution in [1.82, 2.24) is 35.4 Å². The van der Waals surface area contributed by atoms with E-state index in [0.29, 0.717) is 35.8 Å². The zero-order chi connectivity index (χ0) is 41.3. The first-order valence-electron chi connectivity index (χ1n) is 17.7. The minimum atomic E-state index is -4.64. The Morgan fingerprint density at radius 2 is 1.59 bits per heavy atom. The van der Waals surface area contributed by atoms with Gasteiger partial charge in [-0.3, -0.25) is 19.1 Å². The Morgan fingerprint density at radius 3 is 2.22 bits per heavy atom. The Hall–Kier alpha value is -6.76. The second kappa shape index (κ2) is 18.0. The minimum Gasteiger partial charge on any atom is -0.467 e. The van der Waals surface area contributed by atoms with Gasteiger partial charge in [-0.15, -0.1) is 0 Å². The summed E-state index contributed by atoms with van der Waals surface area (Å²) in [5.41, 5.74) is 2.15. The summed E-state index contributed by atoms with van der Waals surface area (Å²) < 4.78 is 50.3. The fraction of sp³-hybridized carbons (Fsp3) is 0.263. The van der Waals surface area contributed by atoms with Crippen molar-refractivity contribution in [2.75, 3.05) is 36.2 Å². The number of nitrogens with one attached hydrogen (secondary N) is 5. The molecule has 0 aliphatic heterocycles. The second-order valence-electron chi connectivity index (χ2n) is 13.0. The van der Waals surface area contributed by atoms with Gasteiger partial charge in [0.15, 0.2) is 6.61 Å². The highest BCUT2D eigenvalue weighted by Gasteiger charge is 2.45. The van der Waals surface area contributed by atoms with E-state index < -0.39 is 54.1 Å². The van der Waals surface area contributed by atoms with Gasteiger partial charge in [0, 0.05) is 40.9 Å². The monoisotopic (exact) mass is 820 g/mol. The van der Waals surface area contributed by atoms with Gasteiger partial charge in [0.25, 0.3) is 5.91 Å². The number of methoxy groups -OCH3 is 1. The fourth-order valence-electron chi connectivity index (χ4n) is 5.61. The quantitative estimate of drug-likeness (QED) is 0.0662. The van der Waals surface area contributed by atoms with Crippen molar-refractivity contribution in [3.05, 3.63) is 113 Å². The van der Waals surface area contributed by atoms with Crippen LogP contribution in [0.4, 0.5) is 36.4 Å². The molecule has 1 fully saturated rings. The SMILES string of the molecule is COC(=O)[C@H](CCNC(=O)C(=O)Nc1ccc(Cn2cccn2)cc1)NC(=O)c1ccc(Nc2nc(NC3(c4ccc(Cl)cc4)CC3)nc(OCC(F)(F)F)n2)cc1. The van der Waals surface area contributed by atoms with Crippen LogP contribution in [-0.4, -0.2) is 80.9 Å². The molecule has 20 heteroatoms. The van der Waals surface area contributed by atoms with Crippen LogP contribution in [0.2, 0.25) is 5.02 Å². The number of anilines is 4. The van der Waals surface area contributed by atoms with E-state index in [4.69, 9.17) is 21.1 Å². The van der Waals surface area contributed by atoms with Crippen LogP contribution in [0, 0.1) is 0 Å². The third kappa shape index (κ3) is 11.4. The van der Waals surface area contributed by atoms with Gasteiger partial charge in [-0.1, -0.05) is 35.9 Å². The first-order valence-corrected chi connectivity index (χ1v) is 18.1. The van der Waals surface area contributed by atoms with E-state index in [2.05, 4.69) is 46.6 Å². The number of alkyl halides is 3. The molecule has 1 aliphatic rings. The van der Waals surface area contributed by atoms with Crippen LogP contribution in [-0.2, 0) is 31.2 Å². The van der Waals surface area contributed by atoms with Crippen LogP contribution in [0.5, 0.6) is 6.01 Å². The van der Waals surface area contributed by atoms with Crippen LogP contribution in [0.1, 0.15) is 40.7 Å². The summed E-state index contributed by atoms with van der Waals surface area (Å²) in [6.07, 6.45) is 0.154. The lowest BCUT2D eigenvalue weighted by Crippen LogP contribution is -2.44. The van der Waals surface area contributed by atoms with Gasteiger partial charge in [-0.05, 0) is 85.0 Å². The summed E-state index contributed by atoms with van der Waals surface area (Å²) in [7, 11) is 1.14. The number of carbonyl (C=O) groups is 4. The largest absolute Gasteiger partial charge is 0.467 e. The molecule has 0 bridgehead atoms. The molecule has 0 spiro atoms. The third-order valence-corrected chi connectivity index (χ3v) is 8.96. The van der Waals surface area contributed by atoms with E-state index in [1.165, 1.54) is 24.3 Å². The maximum Gasteiger partial charge on any atom is 0.422 e. The first kappa shape index (κ1) is 40.9. The average molecular weight is 821 g/mol. The van der Waals surface area contributed by atoms with Crippen molar-refractivity contribution < 1.29 is 41.8 Å². The van der Waals surface area contributed by atoms with E-state index >= 15 is 0 Å². The zero-order valence-corrected chi connectivity index (χ0v) is 31.4. The molecule has 1 aliphatic carbocycles. The number of hydrogen-bond acceptors (Lipinski definition) is 12. The predicted octanol–water partition coefficient (Wildman–Crippen LogP) is 4.97. The Bertz CT molecular complexity index is 2220. The Balaban J connectivity index is 1.03. The maximum atomic E-state index is 13.1. The van der Waals surface area contributed by atoms with Crippen LogP contribution in [0.3, 0.4) is 0 Å². The zero-order valence-electron chi connectivity index (χ0n) is 30.7. The summed E-state index contributed by atoms with van der Waals surface area (Å²) in [6, 6.07) is 19.9. The highest BCUT2D eigenvalue weighted by molar-refractivity contribution is 6.39. The Morgan fingerprint density at radius 1 is 0.897 bits per heavy atom. The molecule has 2 heterocycles. The van der Waals surface area contributed by atoms with Crippen LogP contribution in [0.15, 0.2) is 91.3 Å². The number of esters is 1. The molecule has 3 aromatic carbocycles. The number of benzene rings is 3. The number of nitrogens with zero attached hydrogens (tertiary/aromatic N) is 5.